The summed E-state index contributed by atoms with van der Waals surface area (Å²) in [5, 5.41) is 23.9. The quantitative estimate of drug-likeness (QED) is 0.385. The van der Waals surface area contributed by atoms with Gasteiger partial charge in [-0.2, -0.15) is 13.9 Å². The molecule has 5 heterocycles. The molecule has 3 saturated heterocycles. The first-order valence-corrected chi connectivity index (χ1v) is 14.6. The second-order valence-corrected chi connectivity index (χ2v) is 11.8. The molecule has 0 saturated carbocycles. The molecule has 14 heteroatoms. The monoisotopic (exact) mass is 586 g/mol. The second-order valence-electron chi connectivity index (χ2n) is 10.9. The Kier molecular flexibility index (Phi) is 8.21. The van der Waals surface area contributed by atoms with Gasteiger partial charge in [0.05, 0.1) is 6.61 Å². The van der Waals surface area contributed by atoms with Crippen molar-refractivity contribution < 1.29 is 23.0 Å². The van der Waals surface area contributed by atoms with Crippen LogP contribution in [0.2, 0.25) is 0 Å². The molecule has 3 fully saturated rings. The van der Waals surface area contributed by atoms with E-state index in [9.17, 15) is 13.6 Å². The third-order valence-corrected chi connectivity index (χ3v) is 8.77. The number of ether oxygens (including phenoxy) is 2. The fourth-order valence-electron chi connectivity index (χ4n) is 5.81. The minimum absolute atomic E-state index is 0.0372. The van der Waals surface area contributed by atoms with Crippen LogP contribution in [-0.2, 0) is 16.1 Å². The number of nitrogens with zero attached hydrogens (tertiary/aromatic N) is 6. The molecule has 0 aliphatic carbocycles. The highest BCUT2D eigenvalue weighted by Gasteiger charge is 2.44. The molecule has 3 aliphatic heterocycles. The van der Waals surface area contributed by atoms with Crippen LogP contribution in [0, 0.1) is 5.41 Å². The van der Waals surface area contributed by atoms with Crippen LogP contribution < -0.4 is 20.3 Å². The van der Waals surface area contributed by atoms with E-state index in [4.69, 9.17) is 4.74 Å². The number of alkyl halides is 2. The zero-order valence-electron chi connectivity index (χ0n) is 22.4. The van der Waals surface area contributed by atoms with Gasteiger partial charge in [-0.15, -0.1) is 15.3 Å². The fourth-order valence-corrected chi connectivity index (χ4v) is 6.53. The number of carbonyl (C=O) groups excluding carboxylic acids is 1. The number of amides is 1. The van der Waals surface area contributed by atoms with Gasteiger partial charge in [-0.1, -0.05) is 23.5 Å². The van der Waals surface area contributed by atoms with Crippen molar-refractivity contribution in [3.8, 4) is 5.75 Å². The van der Waals surface area contributed by atoms with Gasteiger partial charge in [0.1, 0.15) is 11.9 Å². The number of nitrogens with one attached hydrogen (secondary N) is 2. The Morgan fingerprint density at radius 1 is 1.15 bits per heavy atom. The van der Waals surface area contributed by atoms with Gasteiger partial charge in [0, 0.05) is 31.9 Å². The topological polar surface area (TPSA) is 118 Å². The average Bonchev–Trinajstić information content (AvgIpc) is 3.72. The molecular weight excluding hydrogens is 554 g/mol. The Bertz CT molecular complexity index is 1320. The minimum Gasteiger partial charge on any atom is -0.435 e. The Morgan fingerprint density at radius 3 is 2.80 bits per heavy atom. The molecule has 2 aromatic heterocycles. The predicted molar refractivity (Wildman–Crippen MR) is 149 cm³/mol. The van der Waals surface area contributed by atoms with E-state index in [0.29, 0.717) is 29.8 Å². The molecule has 41 heavy (non-hydrogen) atoms. The van der Waals surface area contributed by atoms with Gasteiger partial charge in [0.2, 0.25) is 10.3 Å². The zero-order valence-corrected chi connectivity index (χ0v) is 23.2. The summed E-state index contributed by atoms with van der Waals surface area (Å²) in [4.78, 5) is 17.5. The van der Waals surface area contributed by atoms with Crippen molar-refractivity contribution >= 4 is 33.3 Å². The zero-order chi connectivity index (χ0) is 28.2. The lowest BCUT2D eigenvalue weighted by atomic mass is 9.76. The van der Waals surface area contributed by atoms with Crippen molar-refractivity contribution in [1.82, 2.24) is 25.3 Å². The van der Waals surface area contributed by atoms with E-state index in [1.165, 1.54) is 17.4 Å². The van der Waals surface area contributed by atoms with E-state index in [1.54, 1.807) is 18.3 Å². The van der Waals surface area contributed by atoms with Gasteiger partial charge in [0.15, 0.2) is 5.82 Å². The number of benzene rings is 1. The summed E-state index contributed by atoms with van der Waals surface area (Å²) in [5.74, 6) is 0.831. The SMILES string of the molecule is O=C(Nc1nnc(N[C@@H]2CCN(c3cccnn3)C2)s1)C1CC2(CCN(Cc3cccc(OC(F)F)c3)CC2)CO1. The van der Waals surface area contributed by atoms with Gasteiger partial charge in [-0.05, 0) is 74.0 Å². The fraction of sp³-hybridized carbons (Fsp3) is 0.519. The highest BCUT2D eigenvalue weighted by atomic mass is 32.1. The number of likely N-dealkylation sites (tertiary alicyclic amines) is 1. The Balaban J connectivity index is 0.951. The highest BCUT2D eigenvalue weighted by Crippen LogP contribution is 2.42. The molecule has 11 nitrogen and oxygen atoms in total. The van der Waals surface area contributed by atoms with E-state index in [0.717, 1.165) is 56.8 Å². The van der Waals surface area contributed by atoms with Crippen LogP contribution >= 0.6 is 11.3 Å². The Morgan fingerprint density at radius 2 is 2.00 bits per heavy atom. The summed E-state index contributed by atoms with van der Waals surface area (Å²) in [5.41, 5.74) is 0.894. The molecule has 6 rings (SSSR count). The van der Waals surface area contributed by atoms with Crippen molar-refractivity contribution in [2.45, 2.75) is 51.0 Å². The van der Waals surface area contributed by atoms with Crippen LogP contribution in [0.4, 0.5) is 24.9 Å². The lowest BCUT2D eigenvalue weighted by molar-refractivity contribution is -0.124. The molecule has 1 aromatic carbocycles. The van der Waals surface area contributed by atoms with Gasteiger partial charge in [-0.25, -0.2) is 0 Å². The van der Waals surface area contributed by atoms with Crippen molar-refractivity contribution in [2.24, 2.45) is 5.41 Å². The maximum Gasteiger partial charge on any atom is 0.387 e. The lowest BCUT2D eigenvalue weighted by Gasteiger charge is -2.38. The van der Waals surface area contributed by atoms with Crippen LogP contribution in [0.1, 0.15) is 31.2 Å². The van der Waals surface area contributed by atoms with E-state index in [2.05, 4.69) is 45.6 Å². The molecule has 3 aromatic rings. The summed E-state index contributed by atoms with van der Waals surface area (Å²) >= 11 is 1.31. The second kappa shape index (κ2) is 12.2. The van der Waals surface area contributed by atoms with Crippen molar-refractivity contribution in [1.29, 1.82) is 0 Å². The standard InChI is InChI=1S/C27H32F2N8O3S/c28-24(29)40-20-4-1-3-18(13-20)15-36-11-7-27(8-12-36)14-21(39-17-27)23(38)32-26-35-34-25(41-26)31-19-6-10-37(16-19)22-5-2-9-30-33-22/h1-5,9,13,19,21,24H,6-8,10-12,14-17H2,(H,31,34)(H,32,35,38)/t19-,21?/m1/s1. The van der Waals surface area contributed by atoms with Crippen molar-refractivity contribution in [3.05, 3.63) is 48.2 Å². The van der Waals surface area contributed by atoms with E-state index in [1.807, 2.05) is 18.2 Å². The molecule has 2 atom stereocenters. The number of rotatable bonds is 9. The molecule has 1 spiro atoms. The lowest BCUT2D eigenvalue weighted by Crippen LogP contribution is -2.40. The number of halogens is 2. The third kappa shape index (κ3) is 6.88. The maximum absolute atomic E-state index is 13.0. The minimum atomic E-state index is -2.84. The van der Waals surface area contributed by atoms with Crippen LogP contribution in [0.3, 0.4) is 0 Å². The van der Waals surface area contributed by atoms with E-state index in [-0.39, 0.29) is 23.1 Å². The average molecular weight is 587 g/mol. The molecule has 0 radical (unpaired) electrons. The normalized spacial score (nSPS) is 22.4. The molecule has 1 unspecified atom stereocenters. The Hall–Kier alpha value is -3.49. The largest absolute Gasteiger partial charge is 0.435 e. The van der Waals surface area contributed by atoms with Gasteiger partial charge < -0.3 is 19.7 Å². The smallest absolute Gasteiger partial charge is 0.387 e. The highest BCUT2D eigenvalue weighted by molar-refractivity contribution is 7.19. The summed E-state index contributed by atoms with van der Waals surface area (Å²) in [6, 6.07) is 10.9. The van der Waals surface area contributed by atoms with Gasteiger partial charge >= 0.3 is 6.61 Å². The third-order valence-electron chi connectivity index (χ3n) is 8.00. The first kappa shape index (κ1) is 27.7. The van der Waals surface area contributed by atoms with Gasteiger partial charge in [-0.3, -0.25) is 15.0 Å². The molecular formula is C27H32F2N8O3S. The van der Waals surface area contributed by atoms with E-state index < -0.39 is 12.7 Å². The molecule has 1 amide bonds. The molecule has 218 valence electrons. The Labute approximate surface area is 240 Å². The number of hydrogen-bond acceptors (Lipinski definition) is 11. The summed E-state index contributed by atoms with van der Waals surface area (Å²) in [6.07, 6.45) is 4.54. The maximum atomic E-state index is 13.0. The molecule has 2 N–H and O–H groups in total. The summed E-state index contributed by atoms with van der Waals surface area (Å²) in [7, 11) is 0. The van der Waals surface area contributed by atoms with Crippen LogP contribution in [0.25, 0.3) is 0 Å². The number of hydrogen-bond donors (Lipinski definition) is 2. The van der Waals surface area contributed by atoms with Crippen molar-refractivity contribution in [3.63, 3.8) is 0 Å². The summed E-state index contributed by atoms with van der Waals surface area (Å²) < 4.78 is 35.6. The van der Waals surface area contributed by atoms with Crippen LogP contribution in [0.15, 0.2) is 42.6 Å². The molecule has 3 aliphatic rings. The summed E-state index contributed by atoms with van der Waals surface area (Å²) in [6.45, 7) is 1.72. The first-order chi connectivity index (χ1) is 19.9. The predicted octanol–water partition coefficient (Wildman–Crippen LogP) is 3.63. The number of anilines is 3. The molecule has 0 bridgehead atoms. The van der Waals surface area contributed by atoms with E-state index >= 15 is 0 Å². The first-order valence-electron chi connectivity index (χ1n) is 13.7. The number of carbonyl (C=O) groups is 1. The van der Waals surface area contributed by atoms with Crippen molar-refractivity contribution in [2.75, 3.05) is 48.3 Å². The van der Waals surface area contributed by atoms with Gasteiger partial charge in [0.25, 0.3) is 5.91 Å². The van der Waals surface area contributed by atoms with Crippen LogP contribution in [-0.4, -0.2) is 82.7 Å². The number of aromatic nitrogens is 4. The number of piperidine rings is 1. The van der Waals surface area contributed by atoms with Crippen LogP contribution in [0.5, 0.6) is 5.75 Å².